The molecule has 65 heavy (non-hydrogen) atoms. The molecule has 10 nitrogen and oxygen atoms in total. The van der Waals surface area contributed by atoms with Crippen LogP contribution >= 0.6 is 0 Å². The van der Waals surface area contributed by atoms with Gasteiger partial charge in [0.05, 0.1) is 4.90 Å². The van der Waals surface area contributed by atoms with Crippen molar-refractivity contribution in [3.8, 4) is 34.5 Å². The van der Waals surface area contributed by atoms with E-state index in [9.17, 15) is 36.2 Å². The third kappa shape index (κ3) is 25.8. The molecule has 4 aromatic carbocycles. The average molecular weight is 963 g/mol. The fraction of sp³-hybridized carbons (Fsp3) is 0.538. The van der Waals surface area contributed by atoms with E-state index in [1.807, 2.05) is 0 Å². The normalized spacial score (nSPS) is 11.4. The number of hydrogen-bond donors (Lipinski definition) is 2. The van der Waals surface area contributed by atoms with E-state index in [0.29, 0.717) is 41.2 Å². The van der Waals surface area contributed by atoms with E-state index in [4.69, 9.17) is 9.47 Å². The SMILES string of the molecule is CCCCCCCCCCCCCCc1ccc(Oc2cccc(O)c2)cc1S(=O)(=O)O.CCCCCCCCCCCCCCc1ccc(Oc2cccc([O-])c2)cc1S(=O)(=O)[O-].[Ca+2]. The van der Waals surface area contributed by atoms with Crippen molar-refractivity contribution in [1.82, 2.24) is 0 Å². The largest absolute Gasteiger partial charge is 2.00 e. The quantitative estimate of drug-likeness (QED) is 0.0272. The summed E-state index contributed by atoms with van der Waals surface area (Å²) in [7, 11) is -8.97. The summed E-state index contributed by atoms with van der Waals surface area (Å²) in [5, 5.41) is 21.0. The van der Waals surface area contributed by atoms with E-state index in [0.717, 1.165) is 38.5 Å². The molecule has 0 heterocycles. The molecular weight excluding hydrogens is 889 g/mol. The van der Waals surface area contributed by atoms with Crippen molar-refractivity contribution in [3.63, 3.8) is 0 Å². The van der Waals surface area contributed by atoms with Crippen molar-refractivity contribution in [1.29, 1.82) is 0 Å². The zero-order valence-corrected chi connectivity index (χ0v) is 43.0. The fourth-order valence-electron chi connectivity index (χ4n) is 7.75. The number of unbranched alkanes of at least 4 members (excludes halogenated alkanes) is 22. The number of phenols is 1. The van der Waals surface area contributed by atoms with Crippen LogP contribution < -0.4 is 14.6 Å². The maximum absolute atomic E-state index is 11.9. The van der Waals surface area contributed by atoms with Crippen LogP contribution in [-0.4, -0.2) is 68.8 Å². The first-order valence-electron chi connectivity index (χ1n) is 23.9. The first-order chi connectivity index (χ1) is 30.8. The van der Waals surface area contributed by atoms with Crippen molar-refractivity contribution in [2.45, 2.75) is 191 Å². The fourth-order valence-corrected chi connectivity index (χ4v) is 9.27. The summed E-state index contributed by atoms with van der Waals surface area (Å²) in [6.07, 6.45) is 30.8. The van der Waals surface area contributed by atoms with Crippen molar-refractivity contribution >= 4 is 58.0 Å². The molecule has 0 saturated heterocycles. The number of ether oxygens (including phenoxy) is 2. The predicted molar refractivity (Wildman–Crippen MR) is 260 cm³/mol. The van der Waals surface area contributed by atoms with E-state index in [1.165, 1.54) is 152 Å². The van der Waals surface area contributed by atoms with E-state index >= 15 is 0 Å². The molecule has 0 aliphatic carbocycles. The van der Waals surface area contributed by atoms with Crippen LogP contribution in [-0.2, 0) is 33.1 Å². The van der Waals surface area contributed by atoms with Crippen LogP contribution in [0.25, 0.3) is 0 Å². The first-order valence-corrected chi connectivity index (χ1v) is 26.8. The Morgan fingerprint density at radius 1 is 0.462 bits per heavy atom. The average Bonchev–Trinajstić information content (AvgIpc) is 3.25. The van der Waals surface area contributed by atoms with Crippen molar-refractivity contribution in [2.24, 2.45) is 0 Å². The van der Waals surface area contributed by atoms with Gasteiger partial charge in [-0.1, -0.05) is 185 Å². The Morgan fingerprint density at radius 3 is 1.20 bits per heavy atom. The summed E-state index contributed by atoms with van der Waals surface area (Å²) in [5.41, 5.74) is 1.12. The molecule has 0 unspecified atom stereocenters. The van der Waals surface area contributed by atoms with E-state index in [1.54, 1.807) is 48.5 Å². The van der Waals surface area contributed by atoms with Gasteiger partial charge in [-0.15, -0.1) is 5.75 Å². The second-order valence-corrected chi connectivity index (χ2v) is 19.7. The number of aromatic hydroxyl groups is 1. The van der Waals surface area contributed by atoms with Gasteiger partial charge in [-0.05, 0) is 79.3 Å². The topological polar surface area (TPSA) is 173 Å². The van der Waals surface area contributed by atoms with Crippen LogP contribution in [0.1, 0.15) is 179 Å². The van der Waals surface area contributed by atoms with Crippen molar-refractivity contribution in [2.75, 3.05) is 0 Å². The van der Waals surface area contributed by atoms with Crippen LogP contribution in [0.3, 0.4) is 0 Å². The molecule has 13 heteroatoms. The Labute approximate surface area is 421 Å². The molecule has 0 bridgehead atoms. The van der Waals surface area contributed by atoms with Crippen LogP contribution in [0.5, 0.6) is 34.5 Å². The Morgan fingerprint density at radius 2 is 0.815 bits per heavy atom. The minimum atomic E-state index is -4.61. The molecule has 0 saturated carbocycles. The summed E-state index contributed by atoms with van der Waals surface area (Å²) in [4.78, 5) is -0.352. The van der Waals surface area contributed by atoms with Crippen molar-refractivity contribution < 1.29 is 45.6 Å². The molecule has 0 amide bonds. The zero-order valence-electron chi connectivity index (χ0n) is 39.2. The molecule has 0 aliphatic rings. The Balaban J connectivity index is 0.000000440. The maximum Gasteiger partial charge on any atom is 2.00 e. The molecule has 0 spiro atoms. The third-order valence-corrected chi connectivity index (χ3v) is 13.2. The second-order valence-electron chi connectivity index (χ2n) is 16.9. The van der Waals surface area contributed by atoms with E-state index in [-0.39, 0.29) is 64.8 Å². The van der Waals surface area contributed by atoms with Crippen molar-refractivity contribution in [3.05, 3.63) is 96.1 Å². The van der Waals surface area contributed by atoms with Crippen LogP contribution in [0.4, 0.5) is 0 Å². The molecular formula is C52H74CaO10S2. The first kappa shape index (κ1) is 58.3. The van der Waals surface area contributed by atoms with Gasteiger partial charge in [0.15, 0.2) is 0 Å². The van der Waals surface area contributed by atoms with E-state index < -0.39 is 20.2 Å². The summed E-state index contributed by atoms with van der Waals surface area (Å²) < 4.78 is 80.0. The zero-order chi connectivity index (χ0) is 46.5. The van der Waals surface area contributed by atoms with Gasteiger partial charge in [-0.25, -0.2) is 8.42 Å². The van der Waals surface area contributed by atoms with Gasteiger partial charge in [0.25, 0.3) is 10.1 Å². The van der Waals surface area contributed by atoms with Crippen LogP contribution in [0.2, 0.25) is 0 Å². The molecule has 0 fully saturated rings. The molecule has 2 N–H and O–H groups in total. The molecule has 0 aromatic heterocycles. The molecule has 4 aromatic rings. The molecule has 0 radical (unpaired) electrons. The smallest absolute Gasteiger partial charge is 0.872 e. The summed E-state index contributed by atoms with van der Waals surface area (Å²) in [6.45, 7) is 4.48. The van der Waals surface area contributed by atoms with Crippen LogP contribution in [0.15, 0.2) is 94.7 Å². The standard InChI is InChI=1S/2C26H38O5S.Ca/c2*1-2-3-4-5-6-7-8-9-10-11-12-13-15-22-18-19-25(21-26(22)32(28,29)30)31-24-17-14-16-23(27)20-24;/h2*14,16-21,27H,2-13,15H2,1H3,(H,28,29,30);/q;;+2/p-2. The number of aryl methyl sites for hydroxylation is 2. The Kier molecular flexibility index (Phi) is 30.1. The van der Waals surface area contributed by atoms with Crippen LogP contribution in [0, 0.1) is 0 Å². The summed E-state index contributed by atoms with van der Waals surface area (Å²) in [6, 6.07) is 21.4. The monoisotopic (exact) mass is 962 g/mol. The number of phenolic OH excluding ortho intramolecular Hbond substituents is 1. The Hall–Kier alpha value is -2.84. The molecule has 4 rings (SSSR count). The number of benzene rings is 4. The van der Waals surface area contributed by atoms with Gasteiger partial charge in [0, 0.05) is 12.1 Å². The Bertz CT molecular complexity index is 1970. The third-order valence-electron chi connectivity index (χ3n) is 11.3. The minimum absolute atomic E-state index is 0. The van der Waals surface area contributed by atoms with Gasteiger partial charge in [0.1, 0.15) is 43.8 Å². The van der Waals surface area contributed by atoms with Gasteiger partial charge in [0.2, 0.25) is 0 Å². The maximum atomic E-state index is 11.9. The molecule has 356 valence electrons. The minimum Gasteiger partial charge on any atom is -0.872 e. The number of rotatable bonds is 32. The van der Waals surface area contributed by atoms with Gasteiger partial charge in [-0.3, -0.25) is 4.55 Å². The van der Waals surface area contributed by atoms with Gasteiger partial charge < -0.3 is 24.2 Å². The van der Waals surface area contributed by atoms with Gasteiger partial charge >= 0.3 is 37.7 Å². The summed E-state index contributed by atoms with van der Waals surface area (Å²) in [5.74, 6) is 1.06. The molecule has 0 aliphatic heterocycles. The van der Waals surface area contributed by atoms with E-state index in [2.05, 4.69) is 13.8 Å². The number of hydrogen-bond acceptors (Lipinski definition) is 9. The molecule has 0 atom stereocenters. The summed E-state index contributed by atoms with van der Waals surface area (Å²) >= 11 is 0. The second kappa shape index (κ2) is 33.6. The predicted octanol–water partition coefficient (Wildman–Crippen LogP) is 14.0. The van der Waals surface area contributed by atoms with Gasteiger partial charge in [-0.2, -0.15) is 8.42 Å².